The zero-order chi connectivity index (χ0) is 32.5. The summed E-state index contributed by atoms with van der Waals surface area (Å²) in [6, 6.07) is 44.7. The molecule has 0 aliphatic rings. The molecule has 0 atom stereocenters. The van der Waals surface area contributed by atoms with E-state index in [1.54, 1.807) is 36.7 Å². The van der Waals surface area contributed by atoms with Gasteiger partial charge in [-0.1, -0.05) is 66.7 Å². The van der Waals surface area contributed by atoms with Crippen molar-refractivity contribution in [3.8, 4) is 68.3 Å². The van der Waals surface area contributed by atoms with Gasteiger partial charge in [0.2, 0.25) is 0 Å². The molecule has 222 valence electrons. The summed E-state index contributed by atoms with van der Waals surface area (Å²) in [6.07, 6.45) is 6.94. The average molecular weight is 613 g/mol. The van der Waals surface area contributed by atoms with E-state index in [0.717, 1.165) is 66.3 Å². The summed E-state index contributed by atoms with van der Waals surface area (Å²) in [7, 11) is 0. The minimum absolute atomic E-state index is 0.554. The van der Waals surface area contributed by atoms with Crippen LogP contribution in [0.4, 0.5) is 0 Å². The van der Waals surface area contributed by atoms with Gasteiger partial charge in [0.25, 0.3) is 0 Å². The van der Waals surface area contributed by atoms with Gasteiger partial charge in [-0.05, 0) is 87.3 Å². The molecular weight excluding hydrogens is 589 g/mol. The van der Waals surface area contributed by atoms with Crippen LogP contribution >= 0.6 is 0 Å². The molecule has 6 nitrogen and oxygen atoms in total. The summed E-state index contributed by atoms with van der Waals surface area (Å²) in [4.78, 5) is 18.9. The van der Waals surface area contributed by atoms with Crippen molar-refractivity contribution in [3.63, 3.8) is 0 Å². The van der Waals surface area contributed by atoms with Crippen molar-refractivity contribution in [2.45, 2.75) is 0 Å². The van der Waals surface area contributed by atoms with Gasteiger partial charge in [-0.2, -0.15) is 10.5 Å². The highest BCUT2D eigenvalue weighted by atomic mass is 14.7. The lowest BCUT2D eigenvalue weighted by molar-refractivity contribution is 1.27. The molecule has 0 saturated heterocycles. The topological polar surface area (TPSA) is 99.1 Å². The Morgan fingerprint density at radius 3 is 1.40 bits per heavy atom. The van der Waals surface area contributed by atoms with Crippen LogP contribution in [0, 0.1) is 22.7 Å². The Labute approximate surface area is 276 Å². The molecule has 0 amide bonds. The molecular formula is C42H24N6. The third kappa shape index (κ3) is 5.10. The molecule has 0 unspecified atom stereocenters. The molecule has 4 heterocycles. The van der Waals surface area contributed by atoms with Crippen LogP contribution in [-0.2, 0) is 0 Å². The van der Waals surface area contributed by atoms with Crippen molar-refractivity contribution >= 4 is 21.5 Å². The molecule has 0 aliphatic heterocycles. The van der Waals surface area contributed by atoms with E-state index in [-0.39, 0.29) is 0 Å². The van der Waals surface area contributed by atoms with Gasteiger partial charge in [0.05, 0.1) is 46.0 Å². The lowest BCUT2D eigenvalue weighted by atomic mass is 9.87. The summed E-state index contributed by atoms with van der Waals surface area (Å²) >= 11 is 0. The predicted octanol–water partition coefficient (Wildman–Crippen LogP) is 9.65. The van der Waals surface area contributed by atoms with E-state index in [0.29, 0.717) is 22.5 Å². The summed E-state index contributed by atoms with van der Waals surface area (Å²) in [6.45, 7) is 0. The number of nitriles is 2. The molecule has 4 aromatic heterocycles. The zero-order valence-electron chi connectivity index (χ0n) is 25.5. The zero-order valence-corrected chi connectivity index (χ0v) is 25.5. The average Bonchev–Trinajstić information content (AvgIpc) is 3.17. The van der Waals surface area contributed by atoms with Gasteiger partial charge in [0.1, 0.15) is 0 Å². The number of fused-ring (bicyclic) bond motifs is 2. The second-order valence-corrected chi connectivity index (χ2v) is 11.4. The third-order valence-electron chi connectivity index (χ3n) is 8.54. The van der Waals surface area contributed by atoms with Crippen LogP contribution in [0.25, 0.3) is 77.7 Å². The number of rotatable bonds is 5. The third-order valence-corrected chi connectivity index (χ3v) is 8.54. The second kappa shape index (κ2) is 12.1. The number of pyridine rings is 4. The number of aromatic nitrogens is 4. The van der Waals surface area contributed by atoms with Crippen molar-refractivity contribution in [3.05, 3.63) is 157 Å². The van der Waals surface area contributed by atoms with E-state index < -0.39 is 0 Å². The number of benzene rings is 4. The minimum Gasteiger partial charge on any atom is -0.256 e. The maximum atomic E-state index is 9.39. The van der Waals surface area contributed by atoms with Crippen LogP contribution in [0.3, 0.4) is 0 Å². The molecule has 0 bridgehead atoms. The first kappa shape index (κ1) is 28.5. The van der Waals surface area contributed by atoms with Gasteiger partial charge in [-0.15, -0.1) is 0 Å². The number of hydrogen-bond acceptors (Lipinski definition) is 6. The highest BCUT2D eigenvalue weighted by Gasteiger charge is 2.19. The fourth-order valence-corrected chi connectivity index (χ4v) is 6.24. The minimum atomic E-state index is 0.554. The molecule has 0 spiro atoms. The Morgan fingerprint density at radius 2 is 0.875 bits per heavy atom. The van der Waals surface area contributed by atoms with E-state index in [9.17, 15) is 10.5 Å². The van der Waals surface area contributed by atoms with Crippen molar-refractivity contribution in [2.24, 2.45) is 0 Å². The van der Waals surface area contributed by atoms with Crippen molar-refractivity contribution < 1.29 is 0 Å². The summed E-state index contributed by atoms with van der Waals surface area (Å²) in [5.41, 5.74) is 10.2. The lowest BCUT2D eigenvalue weighted by Gasteiger charge is -2.18. The summed E-state index contributed by atoms with van der Waals surface area (Å²) in [5, 5.41) is 23.0. The maximum Gasteiger partial charge on any atom is 0.0992 e. The summed E-state index contributed by atoms with van der Waals surface area (Å²) in [5.74, 6) is 0. The van der Waals surface area contributed by atoms with Gasteiger partial charge < -0.3 is 0 Å². The van der Waals surface area contributed by atoms with Crippen molar-refractivity contribution in [1.82, 2.24) is 19.9 Å². The van der Waals surface area contributed by atoms with E-state index in [4.69, 9.17) is 9.97 Å². The molecule has 8 rings (SSSR count). The highest BCUT2D eigenvalue weighted by Crippen LogP contribution is 2.44. The Bertz CT molecular complexity index is 2560. The normalized spacial score (nSPS) is 10.9. The molecule has 0 N–H and O–H groups in total. The molecule has 48 heavy (non-hydrogen) atoms. The number of hydrogen-bond donors (Lipinski definition) is 0. The first-order chi connectivity index (χ1) is 23.7. The maximum absolute atomic E-state index is 9.39. The van der Waals surface area contributed by atoms with Gasteiger partial charge in [-0.25, -0.2) is 0 Å². The van der Waals surface area contributed by atoms with E-state index >= 15 is 0 Å². The Morgan fingerprint density at radius 1 is 0.375 bits per heavy atom. The molecule has 6 heteroatoms. The van der Waals surface area contributed by atoms with Crippen LogP contribution in [0.1, 0.15) is 11.1 Å². The fraction of sp³-hybridized carbons (Fsp3) is 0. The fourth-order valence-electron chi connectivity index (χ4n) is 6.24. The van der Waals surface area contributed by atoms with Crippen molar-refractivity contribution in [2.75, 3.05) is 0 Å². The largest absolute Gasteiger partial charge is 0.256 e. The molecule has 0 fully saturated rings. The molecule has 8 aromatic rings. The van der Waals surface area contributed by atoms with Gasteiger partial charge in [0.15, 0.2) is 0 Å². The van der Waals surface area contributed by atoms with Crippen LogP contribution in [0.2, 0.25) is 0 Å². The predicted molar refractivity (Wildman–Crippen MR) is 189 cm³/mol. The molecule has 0 radical (unpaired) electrons. The first-order valence-corrected chi connectivity index (χ1v) is 15.4. The Hall–Kier alpha value is -7.02. The SMILES string of the molecule is N#Cc1ccnc(-c2ccc(-c3c4ccccc4c(-c4ccc(-c5cc(C#N)ccn5)cn4)c4cc(-c5ccccc5)ccc34)nc2)c1. The van der Waals surface area contributed by atoms with Gasteiger partial charge >= 0.3 is 0 Å². The molecule has 0 aliphatic carbocycles. The molecule has 4 aromatic carbocycles. The first-order valence-electron chi connectivity index (χ1n) is 15.4. The van der Waals surface area contributed by atoms with Crippen molar-refractivity contribution in [1.29, 1.82) is 10.5 Å². The quantitative estimate of drug-likeness (QED) is 0.179. The van der Waals surface area contributed by atoms with E-state index in [1.165, 1.54) is 0 Å². The van der Waals surface area contributed by atoms with Crippen LogP contribution in [0.15, 0.2) is 146 Å². The van der Waals surface area contributed by atoms with Crippen LogP contribution in [-0.4, -0.2) is 19.9 Å². The smallest absolute Gasteiger partial charge is 0.0992 e. The van der Waals surface area contributed by atoms with Crippen LogP contribution in [0.5, 0.6) is 0 Å². The van der Waals surface area contributed by atoms with E-state index in [1.807, 2.05) is 42.7 Å². The van der Waals surface area contributed by atoms with Gasteiger partial charge in [0, 0.05) is 47.0 Å². The Kier molecular flexibility index (Phi) is 7.15. The Balaban J connectivity index is 1.35. The summed E-state index contributed by atoms with van der Waals surface area (Å²) < 4.78 is 0. The van der Waals surface area contributed by atoms with Crippen LogP contribution < -0.4 is 0 Å². The number of nitrogens with zero attached hydrogens (tertiary/aromatic N) is 6. The van der Waals surface area contributed by atoms with E-state index in [2.05, 4.69) is 88.8 Å². The van der Waals surface area contributed by atoms with Gasteiger partial charge in [-0.3, -0.25) is 19.9 Å². The second-order valence-electron chi connectivity index (χ2n) is 11.4. The monoisotopic (exact) mass is 612 g/mol. The standard InChI is InChI=1S/C42H24N6/c43-23-27-16-18-45-39(20-27)31-11-14-37(47-25-31)41-33-8-4-5-9-34(33)42(36-22-30(10-13-35(36)41)29-6-2-1-3-7-29)38-15-12-32(26-48-38)40-21-28(24-44)17-19-46-40/h1-22,25-26H. The lowest BCUT2D eigenvalue weighted by Crippen LogP contribution is -1.95. The molecule has 0 saturated carbocycles. The highest BCUT2D eigenvalue weighted by molar-refractivity contribution is 6.21.